The highest BCUT2D eigenvalue weighted by atomic mass is 127. The zero-order chi connectivity index (χ0) is 47.4. The van der Waals surface area contributed by atoms with Gasteiger partial charge in [0.25, 0.3) is 5.12 Å². The Morgan fingerprint density at radius 1 is 0.952 bits per heavy atom. The van der Waals surface area contributed by atoms with E-state index >= 15 is 0 Å². The Labute approximate surface area is 385 Å². The van der Waals surface area contributed by atoms with Crippen LogP contribution in [-0.2, 0) is 28.0 Å². The number of amides is 1. The second kappa shape index (κ2) is 24.3. The number of carbonyl (C=O) groups excluding carboxylic acids is 2. The lowest BCUT2D eigenvalue weighted by Gasteiger charge is -2.49. The first kappa shape index (κ1) is 54.1. The van der Waals surface area contributed by atoms with E-state index in [4.69, 9.17) is 42.5 Å². The van der Waals surface area contributed by atoms with Crippen molar-refractivity contribution in [2.75, 3.05) is 27.9 Å². The van der Waals surface area contributed by atoms with Crippen molar-refractivity contribution in [3.05, 3.63) is 26.8 Å². The Bertz CT molecular complexity index is 1910. The van der Waals surface area contributed by atoms with Gasteiger partial charge >= 0.3 is 6.09 Å². The monoisotopic (exact) mass is 1020 g/mol. The third-order valence-electron chi connectivity index (χ3n) is 10.2. The molecule has 0 saturated carbocycles. The molecule has 1 amide bonds. The number of Topliss-reactive ketones (excluding diaryl/α,β-unsaturated/α-hetero) is 1. The maximum Gasteiger partial charge on any atom is 0.405 e. The number of hydrogen-bond donors (Lipinski definition) is 8. The minimum atomic E-state index is -1.50. The third kappa shape index (κ3) is 14.4. The summed E-state index contributed by atoms with van der Waals surface area (Å²) in [6.45, 7) is 11.3. The summed E-state index contributed by atoms with van der Waals surface area (Å²) in [4.78, 5) is 36.1. The number of aliphatic hydroxyl groups excluding tert-OH is 4. The van der Waals surface area contributed by atoms with Crippen LogP contribution in [0.2, 0.25) is 0 Å². The fraction of sp³-hybridized carbons (Fsp3) is 0.643. The smallest absolute Gasteiger partial charge is 0.405 e. The van der Waals surface area contributed by atoms with E-state index in [-0.39, 0.29) is 35.7 Å². The van der Waals surface area contributed by atoms with Crippen LogP contribution in [0, 0.1) is 40.1 Å². The van der Waals surface area contributed by atoms with Crippen LogP contribution in [-0.4, -0.2) is 148 Å². The highest BCUT2D eigenvalue weighted by Gasteiger charge is 2.53. The number of benzene rings is 1. The molecule has 352 valence electrons. The zero-order valence-corrected chi connectivity index (χ0v) is 39.8. The van der Waals surface area contributed by atoms with Crippen LogP contribution in [0.3, 0.4) is 0 Å². The van der Waals surface area contributed by atoms with E-state index in [0.29, 0.717) is 27.6 Å². The van der Waals surface area contributed by atoms with Gasteiger partial charge in [0.15, 0.2) is 23.6 Å². The summed E-state index contributed by atoms with van der Waals surface area (Å²) in [7, 11) is 4.04. The van der Waals surface area contributed by atoms with Gasteiger partial charge in [0.2, 0.25) is 12.0 Å². The maximum absolute atomic E-state index is 13.8. The van der Waals surface area contributed by atoms with E-state index in [1.165, 1.54) is 33.5 Å². The highest BCUT2D eigenvalue weighted by Crippen LogP contribution is 2.48. The lowest BCUT2D eigenvalue weighted by molar-refractivity contribution is -0.307. The van der Waals surface area contributed by atoms with Crippen LogP contribution in [0.25, 0.3) is 0 Å². The fourth-order valence-electron chi connectivity index (χ4n) is 7.07. The minimum absolute atomic E-state index is 0.00330. The normalized spacial score (nSPS) is 27.5. The van der Waals surface area contributed by atoms with Crippen LogP contribution in [0.4, 0.5) is 4.79 Å². The number of ketones is 1. The van der Waals surface area contributed by atoms with Gasteiger partial charge < -0.3 is 69.1 Å². The Morgan fingerprint density at radius 2 is 1.59 bits per heavy atom. The molecular formula is C42H59IN2O17S. The molecule has 10 unspecified atom stereocenters. The summed E-state index contributed by atoms with van der Waals surface area (Å²) in [6, 6.07) is -0.972. The van der Waals surface area contributed by atoms with Crippen molar-refractivity contribution in [3.8, 4) is 40.9 Å². The Hall–Kier alpha value is -3.27. The number of rotatable bonds is 18. The van der Waals surface area contributed by atoms with Crippen molar-refractivity contribution >= 4 is 51.6 Å². The molecule has 0 aromatic heterocycles. The molecule has 0 spiro atoms. The van der Waals surface area contributed by atoms with E-state index in [9.17, 15) is 39.9 Å². The molecule has 0 radical (unpaired) electrons. The van der Waals surface area contributed by atoms with Gasteiger partial charge in [0.1, 0.15) is 30.0 Å². The summed E-state index contributed by atoms with van der Waals surface area (Å²) in [5.41, 5.74) is 0.540. The molecule has 1 aromatic rings. The van der Waals surface area contributed by atoms with E-state index in [2.05, 4.69) is 29.2 Å². The average molecular weight is 1020 g/mol. The van der Waals surface area contributed by atoms with Crippen LogP contribution < -0.4 is 25.0 Å². The molecule has 0 aliphatic carbocycles. The van der Waals surface area contributed by atoms with Gasteiger partial charge in [0.05, 0.1) is 77.8 Å². The second-order valence-corrected chi connectivity index (χ2v) is 17.4. The van der Waals surface area contributed by atoms with Crippen molar-refractivity contribution in [1.82, 2.24) is 10.8 Å². The summed E-state index contributed by atoms with van der Waals surface area (Å²) in [5, 5.41) is 64.6. The largest absolute Gasteiger partial charge is 0.492 e. The van der Waals surface area contributed by atoms with Crippen molar-refractivity contribution in [3.63, 3.8) is 0 Å². The topological polar surface area (TPSA) is 270 Å². The lowest BCUT2D eigenvalue weighted by atomic mass is 9.76. The molecule has 2 saturated heterocycles. The number of halogens is 1. The molecule has 8 N–H and O–H groups in total. The zero-order valence-electron chi connectivity index (χ0n) is 36.8. The highest BCUT2D eigenvalue weighted by molar-refractivity contribution is 14.1. The van der Waals surface area contributed by atoms with E-state index < -0.39 is 102 Å². The molecular weight excluding hydrogens is 963 g/mol. The number of aliphatic hydroxyl groups is 5. The molecule has 19 nitrogen and oxygen atoms in total. The quantitative estimate of drug-likeness (QED) is 0.0454. The number of hydrogen-bond acceptors (Lipinski definition) is 18. The summed E-state index contributed by atoms with van der Waals surface area (Å²) in [5.74, 6) is 9.32. The van der Waals surface area contributed by atoms with Crippen molar-refractivity contribution in [1.29, 1.82) is 0 Å². The van der Waals surface area contributed by atoms with E-state index in [1.807, 2.05) is 34.8 Å². The predicted octanol–water partition coefficient (Wildman–Crippen LogP) is 2.37. The first-order valence-corrected chi connectivity index (χ1v) is 21.7. The van der Waals surface area contributed by atoms with Crippen LogP contribution in [0.1, 0.15) is 76.7 Å². The molecule has 2 aliphatic rings. The lowest BCUT2D eigenvalue weighted by Crippen LogP contribution is -2.65. The van der Waals surface area contributed by atoms with E-state index in [0.717, 1.165) is 0 Å². The number of ether oxygens (including phenoxy) is 7. The Balaban J connectivity index is 1.76. The Kier molecular flexibility index (Phi) is 20.9. The molecule has 0 bridgehead atoms. The van der Waals surface area contributed by atoms with Gasteiger partial charge in [-0.05, 0) is 88.3 Å². The minimum Gasteiger partial charge on any atom is -0.492 e. The van der Waals surface area contributed by atoms with Crippen LogP contribution >= 0.6 is 34.6 Å². The first-order valence-electron chi connectivity index (χ1n) is 19.9. The Morgan fingerprint density at radius 3 is 2.19 bits per heavy atom. The molecule has 63 heavy (non-hydrogen) atoms. The van der Waals surface area contributed by atoms with Gasteiger partial charge in [-0.3, -0.25) is 9.59 Å². The van der Waals surface area contributed by atoms with E-state index in [1.54, 1.807) is 41.5 Å². The number of methoxy groups -OCH3 is 3. The number of carbonyl (C=O) groups is 3. The molecule has 12 atom stereocenters. The fourth-order valence-corrected chi connectivity index (χ4v) is 8.27. The average Bonchev–Trinajstić information content (AvgIpc) is 3.19. The molecule has 3 rings (SSSR count). The number of hydroxylamine groups is 1. The van der Waals surface area contributed by atoms with Crippen LogP contribution in [0.15, 0.2) is 12.2 Å². The number of carboxylic acid groups (broad SMARTS) is 1. The second-order valence-electron chi connectivity index (χ2n) is 15.6. The van der Waals surface area contributed by atoms with Crippen LogP contribution in [0.5, 0.6) is 17.2 Å². The molecule has 1 aromatic carbocycles. The molecule has 2 fully saturated rings. The van der Waals surface area contributed by atoms with Crippen molar-refractivity contribution in [2.24, 2.45) is 5.92 Å². The van der Waals surface area contributed by atoms with Gasteiger partial charge in [0, 0.05) is 13.5 Å². The number of nitrogens with one attached hydrogen (secondary N) is 2. The summed E-state index contributed by atoms with van der Waals surface area (Å²) < 4.78 is 47.1. The predicted molar refractivity (Wildman–Crippen MR) is 236 cm³/mol. The summed E-state index contributed by atoms with van der Waals surface area (Å²) >= 11 is 2.38. The van der Waals surface area contributed by atoms with Crippen molar-refractivity contribution < 1.29 is 82.5 Å². The van der Waals surface area contributed by atoms with Gasteiger partial charge in [-0.1, -0.05) is 37.0 Å². The number of allylic oxidation sites excluding steroid dienone is 2. The first-order chi connectivity index (χ1) is 29.5. The molecule has 21 heteroatoms. The third-order valence-corrected chi connectivity index (χ3v) is 12.1. The van der Waals surface area contributed by atoms with Gasteiger partial charge in [-0.15, -0.1) is 0 Å². The van der Waals surface area contributed by atoms with Gasteiger partial charge in [-0.2, -0.15) is 5.48 Å². The SMILES string of the molecule is CCC[C@](C)(O)C1C(OC(C)(C)C#C/C=C\C#C[C@@H](O)CC(=O)CNC(=O)O)OC(C)C(NOSC(=O)c2c(C)c(I)c(OC3OC(C)C(O)C(OC)C3O)c(OC)c2OC)C1O. The molecule has 2 heterocycles. The standard InChI is InChI=1S/C42H59IN2O17S/c1-11-17-42(7,54)27-31(49)29(22(3)58-38(27)61-41(5,6)18-15-13-12-14-16-24(46)19-25(47)20-44-40(52)53)45-62-63-37(51)26-21(2)28(43)34(36(57-10)33(26)55-8)60-39-32(50)35(56-9)30(48)23(4)59-39/h12-13,22-24,27,29-32,35,38-39,44-46,48-50,54H,11,17,19-20H2,1-10H3,(H,52,53)/b13-12-/t22?,23?,24-,27?,29?,30?,31?,32?,35?,38?,39?,42+/m1/s1. The summed E-state index contributed by atoms with van der Waals surface area (Å²) in [6.07, 6.45) is -8.24. The molecule has 2 aliphatic heterocycles. The van der Waals surface area contributed by atoms with Gasteiger partial charge in [-0.25, -0.2) is 9.08 Å². The maximum atomic E-state index is 13.8. The van der Waals surface area contributed by atoms with Crippen molar-refractivity contribution in [2.45, 2.75) is 140 Å².